The van der Waals surface area contributed by atoms with Crippen LogP contribution in [0.3, 0.4) is 0 Å². The summed E-state index contributed by atoms with van der Waals surface area (Å²) in [5, 5.41) is 0.627. The quantitative estimate of drug-likeness (QED) is 0.138. The van der Waals surface area contributed by atoms with Gasteiger partial charge < -0.3 is 28.4 Å². The Hall–Kier alpha value is -1.26. The molecule has 172 valence electrons. The smallest absolute Gasteiger partial charge is 0.341 e. The highest BCUT2D eigenvalue weighted by Gasteiger charge is 2.16. The topological polar surface area (TPSA) is 72.5 Å². The lowest BCUT2D eigenvalue weighted by atomic mass is 10.2. The van der Waals surface area contributed by atoms with Gasteiger partial charge in [-0.1, -0.05) is 15.9 Å². The Morgan fingerprint density at radius 1 is 0.967 bits per heavy atom. The van der Waals surface area contributed by atoms with Crippen LogP contribution >= 0.6 is 15.9 Å². The minimum absolute atomic E-state index is 0.105. The molecule has 1 rings (SSSR count). The highest BCUT2D eigenvalue weighted by molar-refractivity contribution is 9.09. The third-order valence-corrected chi connectivity index (χ3v) is 4.33. The average Bonchev–Trinajstić information content (AvgIpc) is 2.74. The van der Waals surface area contributed by atoms with Crippen LogP contribution in [0.25, 0.3) is 0 Å². The summed E-state index contributed by atoms with van der Waals surface area (Å²) in [5.74, 6) is -1.06. The van der Waals surface area contributed by atoms with Crippen LogP contribution in [0, 0.1) is 5.82 Å². The third-order valence-electron chi connectivity index (χ3n) is 3.80. The maximum Gasteiger partial charge on any atom is 0.341 e. The Labute approximate surface area is 186 Å². The normalized spacial score (nSPS) is 13.1. The number of carbonyl (C=O) groups excluding carboxylic acids is 1. The number of carbonyl (C=O) groups is 1. The number of halogens is 2. The summed E-state index contributed by atoms with van der Waals surface area (Å²) in [4.78, 5) is 11.8. The minimum Gasteiger partial charge on any atom is -0.488 e. The van der Waals surface area contributed by atoms with Crippen molar-refractivity contribution >= 4 is 21.9 Å². The predicted octanol–water partition coefficient (Wildman–Crippen LogP) is 4.31. The molecule has 0 radical (unpaired) electrons. The molecule has 2 unspecified atom stereocenters. The van der Waals surface area contributed by atoms with Crippen LogP contribution in [0.15, 0.2) is 18.2 Å². The van der Waals surface area contributed by atoms with Crippen molar-refractivity contribution in [3.63, 3.8) is 0 Å². The van der Waals surface area contributed by atoms with Crippen molar-refractivity contribution in [3.8, 4) is 5.75 Å². The van der Waals surface area contributed by atoms with Crippen LogP contribution in [0.1, 0.15) is 44.0 Å². The maximum atomic E-state index is 13.8. The zero-order valence-electron chi connectivity index (χ0n) is 17.9. The van der Waals surface area contributed by atoms with Crippen LogP contribution in [-0.4, -0.2) is 63.5 Å². The molecule has 0 aromatic heterocycles. The van der Waals surface area contributed by atoms with Gasteiger partial charge >= 0.3 is 5.97 Å². The molecule has 0 heterocycles. The molecule has 1 aromatic carbocycles. The molecule has 0 aliphatic carbocycles. The fourth-order valence-electron chi connectivity index (χ4n) is 2.41. The molecule has 2 atom stereocenters. The van der Waals surface area contributed by atoms with Crippen molar-refractivity contribution in [3.05, 3.63) is 29.6 Å². The maximum absolute atomic E-state index is 13.8. The van der Waals surface area contributed by atoms with Crippen molar-refractivity contribution in [2.75, 3.05) is 45.0 Å². The highest BCUT2D eigenvalue weighted by Crippen LogP contribution is 2.18. The van der Waals surface area contributed by atoms with E-state index in [0.717, 1.165) is 12.8 Å². The SMILES string of the molecule is CCOC(=O)c1cc(OCC(OCC)OCCCCOC(CBr)OCC)ccc1F. The lowest BCUT2D eigenvalue weighted by Gasteiger charge is -2.19. The number of unbranched alkanes of at least 4 members (excludes halogenated alkanes) is 1. The van der Waals surface area contributed by atoms with Crippen LogP contribution in [0.2, 0.25) is 0 Å². The van der Waals surface area contributed by atoms with Crippen molar-refractivity contribution in [1.82, 2.24) is 0 Å². The molecule has 0 spiro atoms. The number of benzene rings is 1. The molecule has 7 nitrogen and oxygen atoms in total. The Kier molecular flexibility index (Phi) is 14.7. The van der Waals surface area contributed by atoms with Crippen LogP contribution in [0.5, 0.6) is 5.75 Å². The van der Waals surface area contributed by atoms with Crippen LogP contribution in [0.4, 0.5) is 4.39 Å². The first kappa shape index (κ1) is 26.8. The summed E-state index contributed by atoms with van der Waals surface area (Å²) in [6.45, 7) is 7.81. The second kappa shape index (κ2) is 16.4. The summed E-state index contributed by atoms with van der Waals surface area (Å²) in [6.07, 6.45) is 0.784. The standard InChI is InChI=1S/C21H32BrFO7/c1-4-25-19(14-22)28-11-7-8-12-29-20(26-5-2)15-30-16-9-10-18(23)17(13-16)21(24)27-6-3/h9-10,13,19-20H,4-8,11-12,14-15H2,1-3H3. The van der Waals surface area contributed by atoms with Gasteiger partial charge in [-0.3, -0.25) is 0 Å². The molecule has 0 amide bonds. The summed E-state index contributed by atoms with van der Waals surface area (Å²) in [5.41, 5.74) is -0.169. The zero-order chi connectivity index (χ0) is 22.2. The number of hydrogen-bond donors (Lipinski definition) is 0. The molecule has 1 aromatic rings. The predicted molar refractivity (Wildman–Crippen MR) is 114 cm³/mol. The van der Waals surface area contributed by atoms with Gasteiger partial charge in [-0.05, 0) is 51.8 Å². The molecule has 0 aliphatic rings. The fourth-order valence-corrected chi connectivity index (χ4v) is 2.78. The van der Waals surface area contributed by atoms with E-state index in [-0.39, 0.29) is 25.1 Å². The van der Waals surface area contributed by atoms with Gasteiger partial charge in [-0.15, -0.1) is 0 Å². The lowest BCUT2D eigenvalue weighted by molar-refractivity contribution is -0.158. The number of alkyl halides is 1. The first-order chi connectivity index (χ1) is 14.5. The zero-order valence-corrected chi connectivity index (χ0v) is 19.5. The number of hydrogen-bond acceptors (Lipinski definition) is 7. The second-order valence-electron chi connectivity index (χ2n) is 6.05. The van der Waals surface area contributed by atoms with Gasteiger partial charge in [0.05, 0.1) is 17.5 Å². The molecule has 0 N–H and O–H groups in total. The first-order valence-electron chi connectivity index (χ1n) is 10.2. The van der Waals surface area contributed by atoms with E-state index < -0.39 is 18.1 Å². The van der Waals surface area contributed by atoms with Crippen molar-refractivity contribution < 1.29 is 37.6 Å². The van der Waals surface area contributed by atoms with E-state index in [1.807, 2.05) is 13.8 Å². The van der Waals surface area contributed by atoms with Crippen molar-refractivity contribution in [1.29, 1.82) is 0 Å². The van der Waals surface area contributed by atoms with E-state index in [1.165, 1.54) is 18.2 Å². The van der Waals surface area contributed by atoms with E-state index in [2.05, 4.69) is 15.9 Å². The number of rotatable bonds is 17. The molecule has 0 aliphatic heterocycles. The lowest BCUT2D eigenvalue weighted by Crippen LogP contribution is -2.26. The van der Waals surface area contributed by atoms with Gasteiger partial charge in [0.15, 0.2) is 12.6 Å². The Morgan fingerprint density at radius 2 is 1.60 bits per heavy atom. The van der Waals surface area contributed by atoms with E-state index in [9.17, 15) is 9.18 Å². The van der Waals surface area contributed by atoms with Gasteiger partial charge in [0, 0.05) is 26.4 Å². The Bertz CT molecular complexity index is 603. The average molecular weight is 495 g/mol. The largest absolute Gasteiger partial charge is 0.488 e. The number of ether oxygens (including phenoxy) is 6. The van der Waals surface area contributed by atoms with Crippen molar-refractivity contribution in [2.45, 2.75) is 46.2 Å². The molecule has 0 saturated carbocycles. The number of esters is 1. The summed E-state index contributed by atoms with van der Waals surface area (Å²) in [6, 6.07) is 3.92. The van der Waals surface area contributed by atoms with E-state index >= 15 is 0 Å². The van der Waals surface area contributed by atoms with E-state index in [4.69, 9.17) is 28.4 Å². The summed E-state index contributed by atoms with van der Waals surface area (Å²) in [7, 11) is 0. The van der Waals surface area contributed by atoms with Crippen LogP contribution < -0.4 is 4.74 Å². The molecular formula is C21H32BrFO7. The summed E-state index contributed by atoms with van der Waals surface area (Å²) < 4.78 is 46.5. The van der Waals surface area contributed by atoms with E-state index in [0.29, 0.717) is 37.5 Å². The second-order valence-corrected chi connectivity index (χ2v) is 6.69. The van der Waals surface area contributed by atoms with Crippen molar-refractivity contribution in [2.24, 2.45) is 0 Å². The fraction of sp³-hybridized carbons (Fsp3) is 0.667. The highest BCUT2D eigenvalue weighted by atomic mass is 79.9. The van der Waals surface area contributed by atoms with Gasteiger partial charge in [0.1, 0.15) is 18.2 Å². The molecule has 0 bridgehead atoms. The van der Waals surface area contributed by atoms with Gasteiger partial charge in [0.25, 0.3) is 0 Å². The molecular weight excluding hydrogens is 463 g/mol. The first-order valence-corrected chi connectivity index (χ1v) is 11.3. The Balaban J connectivity index is 2.40. The van der Waals surface area contributed by atoms with Gasteiger partial charge in [-0.2, -0.15) is 0 Å². The molecule has 0 fully saturated rings. The molecule has 0 saturated heterocycles. The Morgan fingerprint density at radius 3 is 2.20 bits per heavy atom. The van der Waals surface area contributed by atoms with Gasteiger partial charge in [0.2, 0.25) is 0 Å². The third kappa shape index (κ3) is 10.7. The van der Waals surface area contributed by atoms with Gasteiger partial charge in [-0.25, -0.2) is 9.18 Å². The molecule has 9 heteroatoms. The minimum atomic E-state index is -0.730. The summed E-state index contributed by atoms with van der Waals surface area (Å²) >= 11 is 3.34. The molecule has 30 heavy (non-hydrogen) atoms. The monoisotopic (exact) mass is 494 g/mol. The van der Waals surface area contributed by atoms with Crippen LogP contribution in [-0.2, 0) is 23.7 Å². The van der Waals surface area contributed by atoms with E-state index in [1.54, 1.807) is 6.92 Å².